The Balaban J connectivity index is 2.15. The van der Waals surface area contributed by atoms with E-state index in [2.05, 4.69) is 22.3 Å². The van der Waals surface area contributed by atoms with Crippen LogP contribution >= 0.6 is 0 Å². The normalized spacial score (nSPS) is 24.3. The maximum absolute atomic E-state index is 8.34. The van der Waals surface area contributed by atoms with Gasteiger partial charge in [0.05, 0.1) is 19.3 Å². The van der Waals surface area contributed by atoms with Crippen molar-refractivity contribution in [2.24, 2.45) is 10.9 Å². The van der Waals surface area contributed by atoms with Gasteiger partial charge in [0.25, 0.3) is 0 Å². The number of nitrogens with two attached hydrogens (primary N) is 1. The number of nitrogens with one attached hydrogen (secondary N) is 1. The van der Waals surface area contributed by atoms with Crippen LogP contribution in [0.15, 0.2) is 5.16 Å². The van der Waals surface area contributed by atoms with Crippen LogP contribution in [0.25, 0.3) is 0 Å². The second kappa shape index (κ2) is 6.60. The molecule has 1 aliphatic rings. The van der Waals surface area contributed by atoms with Crippen molar-refractivity contribution in [3.05, 3.63) is 0 Å². The lowest BCUT2D eigenvalue weighted by molar-refractivity contribution is -0.0247. The fourth-order valence-corrected chi connectivity index (χ4v) is 1.59. The number of morpholine rings is 1. The predicted molar refractivity (Wildman–Crippen MR) is 58.1 cm³/mol. The molecule has 6 heteroatoms. The highest BCUT2D eigenvalue weighted by Crippen LogP contribution is 2.03. The van der Waals surface area contributed by atoms with Gasteiger partial charge >= 0.3 is 0 Å². The van der Waals surface area contributed by atoms with Crippen LogP contribution in [-0.4, -0.2) is 61.4 Å². The lowest BCUT2D eigenvalue weighted by Gasteiger charge is -2.32. The molecule has 6 nitrogen and oxygen atoms in total. The van der Waals surface area contributed by atoms with E-state index < -0.39 is 0 Å². The van der Waals surface area contributed by atoms with Gasteiger partial charge in [0.15, 0.2) is 5.84 Å². The molecule has 0 aromatic carbocycles. The first-order chi connectivity index (χ1) is 7.26. The highest BCUT2D eigenvalue weighted by Gasteiger charge is 2.18. The molecule has 15 heavy (non-hydrogen) atoms. The van der Waals surface area contributed by atoms with Gasteiger partial charge in [-0.25, -0.2) is 0 Å². The third kappa shape index (κ3) is 4.46. The number of oxime groups is 1. The van der Waals surface area contributed by atoms with E-state index in [4.69, 9.17) is 15.7 Å². The van der Waals surface area contributed by atoms with Gasteiger partial charge in [-0.15, -0.1) is 0 Å². The van der Waals surface area contributed by atoms with Crippen molar-refractivity contribution in [2.75, 3.05) is 39.3 Å². The van der Waals surface area contributed by atoms with Crippen molar-refractivity contribution in [3.63, 3.8) is 0 Å². The second-order valence-electron chi connectivity index (χ2n) is 3.61. The molecule has 0 bridgehead atoms. The van der Waals surface area contributed by atoms with Crippen LogP contribution in [0, 0.1) is 0 Å². The number of nitrogens with zero attached hydrogens (tertiary/aromatic N) is 2. The molecule has 1 rings (SSSR count). The number of hydrogen-bond acceptors (Lipinski definition) is 5. The highest BCUT2D eigenvalue weighted by atomic mass is 16.5. The van der Waals surface area contributed by atoms with E-state index in [0.29, 0.717) is 6.54 Å². The van der Waals surface area contributed by atoms with Crippen LogP contribution in [0.3, 0.4) is 0 Å². The summed E-state index contributed by atoms with van der Waals surface area (Å²) in [7, 11) is 0. The molecule has 4 N–H and O–H groups in total. The van der Waals surface area contributed by atoms with Crippen molar-refractivity contribution in [3.8, 4) is 0 Å². The predicted octanol–water partition coefficient (Wildman–Crippen LogP) is -0.957. The lowest BCUT2D eigenvalue weighted by Crippen LogP contribution is -2.47. The van der Waals surface area contributed by atoms with Gasteiger partial charge in [-0.1, -0.05) is 12.1 Å². The summed E-state index contributed by atoms with van der Waals surface area (Å²) < 4.78 is 5.58. The molecule has 1 atom stereocenters. The molecule has 88 valence electrons. The Morgan fingerprint density at radius 2 is 2.53 bits per heavy atom. The molecule has 0 aliphatic carbocycles. The molecular weight excluding hydrogens is 196 g/mol. The molecule has 0 aromatic heterocycles. The van der Waals surface area contributed by atoms with Gasteiger partial charge in [-0.3, -0.25) is 4.90 Å². The minimum atomic E-state index is 0.193. The zero-order valence-corrected chi connectivity index (χ0v) is 9.15. The smallest absolute Gasteiger partial charge is 0.153 e. The fourth-order valence-electron chi connectivity index (χ4n) is 1.59. The Labute approximate surface area is 90.1 Å². The van der Waals surface area contributed by atoms with Crippen molar-refractivity contribution in [1.29, 1.82) is 0 Å². The SMILES string of the molecule is CCN1CCOC(CNCC(N)=NO)C1. The number of ether oxygens (including phenoxy) is 1. The first-order valence-corrected chi connectivity index (χ1v) is 5.27. The topological polar surface area (TPSA) is 83.1 Å². The Hall–Kier alpha value is -0.850. The van der Waals surface area contributed by atoms with Crippen LogP contribution < -0.4 is 11.1 Å². The summed E-state index contributed by atoms with van der Waals surface area (Å²) in [5.74, 6) is 0.193. The summed E-state index contributed by atoms with van der Waals surface area (Å²) in [5.41, 5.74) is 5.33. The molecule has 1 unspecified atom stereocenters. The van der Waals surface area contributed by atoms with Gasteiger partial charge in [0.1, 0.15) is 0 Å². The van der Waals surface area contributed by atoms with Crippen molar-refractivity contribution < 1.29 is 9.94 Å². The van der Waals surface area contributed by atoms with E-state index >= 15 is 0 Å². The van der Waals surface area contributed by atoms with Gasteiger partial charge in [0, 0.05) is 19.6 Å². The lowest BCUT2D eigenvalue weighted by atomic mass is 10.2. The van der Waals surface area contributed by atoms with Gasteiger partial charge in [0.2, 0.25) is 0 Å². The first-order valence-electron chi connectivity index (χ1n) is 5.27. The summed E-state index contributed by atoms with van der Waals surface area (Å²) in [6, 6.07) is 0. The molecule has 0 amide bonds. The second-order valence-corrected chi connectivity index (χ2v) is 3.61. The van der Waals surface area contributed by atoms with Crippen molar-refractivity contribution in [2.45, 2.75) is 13.0 Å². The third-order valence-electron chi connectivity index (χ3n) is 2.48. The summed E-state index contributed by atoms with van der Waals surface area (Å²) >= 11 is 0. The Kier molecular flexibility index (Phi) is 5.38. The largest absolute Gasteiger partial charge is 0.409 e. The Morgan fingerprint density at radius 3 is 3.20 bits per heavy atom. The van der Waals surface area contributed by atoms with Gasteiger partial charge in [-0.2, -0.15) is 0 Å². The van der Waals surface area contributed by atoms with E-state index in [0.717, 1.165) is 32.8 Å². The summed E-state index contributed by atoms with van der Waals surface area (Å²) in [5, 5.41) is 14.3. The van der Waals surface area contributed by atoms with E-state index in [1.807, 2.05) is 0 Å². The van der Waals surface area contributed by atoms with Crippen molar-refractivity contribution in [1.82, 2.24) is 10.2 Å². The van der Waals surface area contributed by atoms with Crippen LogP contribution in [0.2, 0.25) is 0 Å². The molecule has 1 saturated heterocycles. The van der Waals surface area contributed by atoms with Crippen molar-refractivity contribution >= 4 is 5.84 Å². The third-order valence-corrected chi connectivity index (χ3v) is 2.48. The fraction of sp³-hybridized carbons (Fsp3) is 0.889. The summed E-state index contributed by atoms with van der Waals surface area (Å²) in [6.07, 6.45) is 0.199. The zero-order valence-electron chi connectivity index (χ0n) is 9.15. The molecule has 0 saturated carbocycles. The molecule has 0 aromatic rings. The number of hydrogen-bond donors (Lipinski definition) is 3. The van der Waals surface area contributed by atoms with Crippen LogP contribution in [0.4, 0.5) is 0 Å². The minimum absolute atomic E-state index is 0.193. The standard InChI is InChI=1S/C9H20N4O2/c1-2-13-3-4-15-8(7-13)5-11-6-9(10)12-14/h8,11,14H,2-7H2,1H3,(H2,10,12). The Morgan fingerprint density at radius 1 is 1.73 bits per heavy atom. The minimum Gasteiger partial charge on any atom is -0.409 e. The average Bonchev–Trinajstić information content (AvgIpc) is 2.29. The molecule has 1 heterocycles. The van der Waals surface area contributed by atoms with E-state index in [1.165, 1.54) is 0 Å². The van der Waals surface area contributed by atoms with E-state index in [-0.39, 0.29) is 11.9 Å². The van der Waals surface area contributed by atoms with E-state index in [9.17, 15) is 0 Å². The monoisotopic (exact) mass is 216 g/mol. The average molecular weight is 216 g/mol. The van der Waals surface area contributed by atoms with Crippen LogP contribution in [0.1, 0.15) is 6.92 Å². The number of rotatable bonds is 5. The van der Waals surface area contributed by atoms with Crippen LogP contribution in [0.5, 0.6) is 0 Å². The highest BCUT2D eigenvalue weighted by molar-refractivity contribution is 5.81. The maximum atomic E-state index is 8.34. The first kappa shape index (κ1) is 12.2. The van der Waals surface area contributed by atoms with Crippen LogP contribution in [-0.2, 0) is 4.74 Å². The summed E-state index contributed by atoms with van der Waals surface area (Å²) in [6.45, 7) is 7.05. The number of amidine groups is 1. The zero-order chi connectivity index (χ0) is 11.1. The quantitative estimate of drug-likeness (QED) is 0.239. The van der Waals surface area contributed by atoms with Gasteiger partial charge < -0.3 is 21.0 Å². The Bertz CT molecular complexity index is 210. The molecule has 1 aliphatic heterocycles. The van der Waals surface area contributed by atoms with Gasteiger partial charge in [-0.05, 0) is 6.54 Å². The maximum Gasteiger partial charge on any atom is 0.153 e. The number of likely N-dealkylation sites (N-methyl/N-ethyl adjacent to an activating group) is 1. The van der Waals surface area contributed by atoms with E-state index in [1.54, 1.807) is 0 Å². The summed E-state index contributed by atoms with van der Waals surface area (Å²) in [4.78, 5) is 2.35. The molecule has 0 spiro atoms. The molecule has 0 radical (unpaired) electrons. The molecule has 1 fully saturated rings. The molecular formula is C9H20N4O2.